The second-order valence-corrected chi connectivity index (χ2v) is 10.3. The molecule has 1 aliphatic heterocycles. The van der Waals surface area contributed by atoms with Gasteiger partial charge in [-0.3, -0.25) is 0 Å². The van der Waals surface area contributed by atoms with Gasteiger partial charge in [0.25, 0.3) is 0 Å². The summed E-state index contributed by atoms with van der Waals surface area (Å²) in [6, 6.07) is 7.63. The Bertz CT molecular complexity index is 724. The van der Waals surface area contributed by atoms with Gasteiger partial charge in [0.2, 0.25) is 10.0 Å². The van der Waals surface area contributed by atoms with Gasteiger partial charge in [0, 0.05) is 30.6 Å². The van der Waals surface area contributed by atoms with Gasteiger partial charge in [-0.1, -0.05) is 38.1 Å². The average Bonchev–Trinajstić information content (AvgIpc) is 2.66. The minimum atomic E-state index is -3.24. The molecule has 0 radical (unpaired) electrons. The summed E-state index contributed by atoms with van der Waals surface area (Å²) in [5.41, 5.74) is 1.85. The molecule has 160 valence electrons. The summed E-state index contributed by atoms with van der Waals surface area (Å²) in [5.74, 6) is 2.74. The lowest BCUT2D eigenvalue weighted by molar-refractivity contribution is 0.381. The van der Waals surface area contributed by atoms with Crippen molar-refractivity contribution in [3.8, 4) is 0 Å². The standard InChI is InChI=1S/C19H32N4O2S2.HI/c1-5-21-19(23-10-11-26-18(13-23)15(2)3)22-12-16-6-8-17(9-7-16)14-27(24,25)20-4;/h6-9,15,18,20H,5,10-14H2,1-4H3,(H,21,22);1H. The highest BCUT2D eigenvalue weighted by atomic mass is 127. The molecule has 1 aliphatic rings. The lowest BCUT2D eigenvalue weighted by Crippen LogP contribution is -2.49. The zero-order valence-electron chi connectivity index (χ0n) is 17.1. The van der Waals surface area contributed by atoms with Crippen LogP contribution in [0.5, 0.6) is 0 Å². The van der Waals surface area contributed by atoms with Crippen LogP contribution in [0.1, 0.15) is 31.9 Å². The first-order chi connectivity index (χ1) is 12.8. The number of aliphatic imine (C=N–C) groups is 1. The summed E-state index contributed by atoms with van der Waals surface area (Å²) in [4.78, 5) is 7.17. The smallest absolute Gasteiger partial charge is 0.215 e. The topological polar surface area (TPSA) is 73.8 Å². The van der Waals surface area contributed by atoms with Gasteiger partial charge in [0.05, 0.1) is 12.3 Å². The normalized spacial score (nSPS) is 18.1. The number of sulfonamides is 1. The first-order valence-electron chi connectivity index (χ1n) is 9.48. The largest absolute Gasteiger partial charge is 0.357 e. The quantitative estimate of drug-likeness (QED) is 0.316. The number of hydrogen-bond donors (Lipinski definition) is 2. The molecule has 6 nitrogen and oxygen atoms in total. The fraction of sp³-hybridized carbons (Fsp3) is 0.632. The zero-order valence-corrected chi connectivity index (χ0v) is 21.1. The van der Waals surface area contributed by atoms with Crippen LogP contribution >= 0.6 is 35.7 Å². The lowest BCUT2D eigenvalue weighted by Gasteiger charge is -2.36. The molecule has 1 aromatic rings. The van der Waals surface area contributed by atoms with Crippen molar-refractivity contribution in [1.82, 2.24) is 14.9 Å². The molecule has 2 N–H and O–H groups in total. The Hall–Kier alpha value is -0.520. The molecule has 0 aromatic heterocycles. The third-order valence-corrected chi connectivity index (χ3v) is 7.45. The van der Waals surface area contributed by atoms with Crippen LogP contribution in [0.15, 0.2) is 29.3 Å². The number of benzene rings is 1. The van der Waals surface area contributed by atoms with Crippen LogP contribution in [-0.4, -0.2) is 57.0 Å². The number of guanidine groups is 1. The van der Waals surface area contributed by atoms with Crippen LogP contribution in [-0.2, 0) is 22.3 Å². The summed E-state index contributed by atoms with van der Waals surface area (Å²) < 4.78 is 25.6. The van der Waals surface area contributed by atoms with Crippen LogP contribution in [0.4, 0.5) is 0 Å². The molecule has 1 fully saturated rings. The van der Waals surface area contributed by atoms with E-state index in [2.05, 4.69) is 47.5 Å². The number of thioether (sulfide) groups is 1. The van der Waals surface area contributed by atoms with E-state index in [4.69, 9.17) is 4.99 Å². The second kappa shape index (κ2) is 12.2. The lowest BCUT2D eigenvalue weighted by atomic mass is 10.1. The van der Waals surface area contributed by atoms with Crippen molar-refractivity contribution in [1.29, 1.82) is 0 Å². The van der Waals surface area contributed by atoms with Gasteiger partial charge >= 0.3 is 0 Å². The van der Waals surface area contributed by atoms with Crippen LogP contribution in [0.25, 0.3) is 0 Å². The second-order valence-electron chi connectivity index (χ2n) is 7.05. The predicted molar refractivity (Wildman–Crippen MR) is 131 cm³/mol. The highest BCUT2D eigenvalue weighted by Crippen LogP contribution is 2.25. The van der Waals surface area contributed by atoms with Gasteiger partial charge in [-0.15, -0.1) is 24.0 Å². The molecule has 1 aromatic carbocycles. The Morgan fingerprint density at radius 3 is 2.50 bits per heavy atom. The Morgan fingerprint density at radius 2 is 1.93 bits per heavy atom. The Labute approximate surface area is 191 Å². The van der Waals surface area contributed by atoms with Gasteiger partial charge in [-0.25, -0.2) is 18.1 Å². The van der Waals surface area contributed by atoms with Crippen molar-refractivity contribution in [2.45, 2.75) is 38.3 Å². The van der Waals surface area contributed by atoms with Gasteiger partial charge in [-0.05, 0) is 31.0 Å². The molecule has 0 bridgehead atoms. The van der Waals surface area contributed by atoms with Crippen molar-refractivity contribution >= 4 is 51.7 Å². The summed E-state index contributed by atoms with van der Waals surface area (Å²) in [6.45, 7) is 10.1. The number of hydrogen-bond acceptors (Lipinski definition) is 4. The molecule has 0 saturated carbocycles. The van der Waals surface area contributed by atoms with Crippen molar-refractivity contribution < 1.29 is 8.42 Å². The van der Waals surface area contributed by atoms with Crippen molar-refractivity contribution in [2.75, 3.05) is 32.4 Å². The van der Waals surface area contributed by atoms with Crippen LogP contribution < -0.4 is 10.0 Å². The number of nitrogens with zero attached hydrogens (tertiary/aromatic N) is 2. The molecule has 0 aliphatic carbocycles. The van der Waals surface area contributed by atoms with Gasteiger partial charge in [0.1, 0.15) is 0 Å². The molecule has 1 saturated heterocycles. The molecule has 0 amide bonds. The van der Waals surface area contributed by atoms with Gasteiger partial charge in [-0.2, -0.15) is 11.8 Å². The van der Waals surface area contributed by atoms with Crippen LogP contribution in [0, 0.1) is 5.92 Å². The van der Waals surface area contributed by atoms with E-state index in [-0.39, 0.29) is 29.7 Å². The Kier molecular flexibility index (Phi) is 11.2. The van der Waals surface area contributed by atoms with E-state index >= 15 is 0 Å². The molecule has 28 heavy (non-hydrogen) atoms. The van der Waals surface area contributed by atoms with E-state index in [9.17, 15) is 8.42 Å². The van der Waals surface area contributed by atoms with E-state index in [1.54, 1.807) is 0 Å². The molecule has 2 rings (SSSR count). The minimum absolute atomic E-state index is 0. The SMILES string of the molecule is CCNC(=NCc1ccc(CS(=O)(=O)NC)cc1)N1CCSC(C(C)C)C1.I. The van der Waals surface area contributed by atoms with E-state index < -0.39 is 10.0 Å². The fourth-order valence-corrected chi connectivity index (χ4v) is 4.97. The maximum absolute atomic E-state index is 11.6. The van der Waals surface area contributed by atoms with E-state index in [1.165, 1.54) is 7.05 Å². The van der Waals surface area contributed by atoms with E-state index in [1.807, 2.05) is 24.3 Å². The average molecular weight is 541 g/mol. The highest BCUT2D eigenvalue weighted by Gasteiger charge is 2.24. The third kappa shape index (κ3) is 8.08. The molecule has 9 heteroatoms. The fourth-order valence-electron chi connectivity index (χ4n) is 2.90. The number of rotatable bonds is 7. The van der Waals surface area contributed by atoms with Crippen LogP contribution in [0.2, 0.25) is 0 Å². The van der Waals surface area contributed by atoms with Crippen molar-refractivity contribution in [3.05, 3.63) is 35.4 Å². The first kappa shape index (κ1) is 25.5. The molecule has 0 spiro atoms. The minimum Gasteiger partial charge on any atom is -0.357 e. The first-order valence-corrected chi connectivity index (χ1v) is 12.2. The van der Waals surface area contributed by atoms with E-state index in [0.29, 0.717) is 17.7 Å². The van der Waals surface area contributed by atoms with Gasteiger partial charge in [0.15, 0.2) is 5.96 Å². The maximum atomic E-state index is 11.6. The summed E-state index contributed by atoms with van der Waals surface area (Å²) in [7, 11) is -1.81. The predicted octanol–water partition coefficient (Wildman–Crippen LogP) is 2.89. The summed E-state index contributed by atoms with van der Waals surface area (Å²) >= 11 is 2.05. The number of nitrogens with one attached hydrogen (secondary N) is 2. The number of halogens is 1. The third-order valence-electron chi connectivity index (χ3n) is 4.57. The maximum Gasteiger partial charge on any atom is 0.215 e. The monoisotopic (exact) mass is 540 g/mol. The molecular formula is C19H33IN4O2S2. The van der Waals surface area contributed by atoms with E-state index in [0.717, 1.165) is 42.5 Å². The Morgan fingerprint density at radius 1 is 1.29 bits per heavy atom. The molecule has 1 unspecified atom stereocenters. The van der Waals surface area contributed by atoms with Crippen LogP contribution in [0.3, 0.4) is 0 Å². The molecular weight excluding hydrogens is 507 g/mol. The van der Waals surface area contributed by atoms with Crippen molar-refractivity contribution in [2.24, 2.45) is 10.9 Å². The molecule has 1 heterocycles. The molecule has 1 atom stereocenters. The summed E-state index contributed by atoms with van der Waals surface area (Å²) in [5, 5.41) is 4.05. The van der Waals surface area contributed by atoms with Crippen molar-refractivity contribution in [3.63, 3.8) is 0 Å². The zero-order chi connectivity index (χ0) is 19.9. The summed E-state index contributed by atoms with van der Waals surface area (Å²) in [6.07, 6.45) is 0. The Balaban J connectivity index is 0.00000392. The van der Waals surface area contributed by atoms with Gasteiger partial charge < -0.3 is 10.2 Å². The highest BCUT2D eigenvalue weighted by molar-refractivity contribution is 14.0.